The molecule has 0 amide bonds. The number of ketones is 1. The minimum atomic E-state index is -1.21. The first-order valence-electron chi connectivity index (χ1n) is 12.7. The van der Waals surface area contributed by atoms with Crippen molar-refractivity contribution in [3.63, 3.8) is 0 Å². The third-order valence-corrected chi connectivity index (χ3v) is 11.5. The van der Waals surface area contributed by atoms with E-state index >= 15 is 0 Å². The van der Waals surface area contributed by atoms with E-state index in [1.54, 1.807) is 14.0 Å². The highest BCUT2D eigenvalue weighted by molar-refractivity contribution is 6.76. The van der Waals surface area contributed by atoms with E-state index in [0.29, 0.717) is 19.4 Å². The molecule has 1 aliphatic heterocycles. The number of methoxy groups -OCH3 is 1. The van der Waals surface area contributed by atoms with Crippen LogP contribution in [0.5, 0.6) is 0 Å². The van der Waals surface area contributed by atoms with Gasteiger partial charge < -0.3 is 23.7 Å². The molecule has 1 saturated heterocycles. The Morgan fingerprint density at radius 1 is 1.18 bits per heavy atom. The zero-order chi connectivity index (χ0) is 24.6. The molecule has 4 bridgehead atoms. The molecule has 34 heavy (non-hydrogen) atoms. The molecule has 1 heterocycles. The average Bonchev–Trinajstić information content (AvgIpc) is 3.20. The smallest absolute Gasteiger partial charge is 0.320 e. The minimum absolute atomic E-state index is 0.0161. The van der Waals surface area contributed by atoms with E-state index in [9.17, 15) is 9.59 Å². The Morgan fingerprint density at radius 2 is 1.94 bits per heavy atom. The Kier molecular flexibility index (Phi) is 5.77. The number of hydrogen-bond acceptors (Lipinski definition) is 7. The Balaban J connectivity index is 1.49. The summed E-state index contributed by atoms with van der Waals surface area (Å²) in [6, 6.07) is 1.06. The lowest BCUT2D eigenvalue weighted by Gasteiger charge is -2.46. The van der Waals surface area contributed by atoms with Crippen LogP contribution in [0.1, 0.15) is 45.4 Å². The van der Waals surface area contributed by atoms with E-state index in [2.05, 4.69) is 26.2 Å². The van der Waals surface area contributed by atoms with Crippen molar-refractivity contribution in [3.05, 3.63) is 12.2 Å². The molecule has 190 valence electrons. The average molecular weight is 493 g/mol. The van der Waals surface area contributed by atoms with Crippen LogP contribution in [0.3, 0.4) is 0 Å². The van der Waals surface area contributed by atoms with E-state index in [4.69, 9.17) is 23.7 Å². The number of carbonyl (C=O) groups is 2. The monoisotopic (exact) mass is 492 g/mol. The highest BCUT2D eigenvalue weighted by Crippen LogP contribution is 2.76. The molecule has 7 atom stereocenters. The largest absolute Gasteiger partial charge is 0.458 e. The molecule has 4 aliphatic carbocycles. The topological polar surface area (TPSA) is 80.3 Å². The second-order valence-electron chi connectivity index (χ2n) is 12.7. The molecule has 0 radical (unpaired) electrons. The molecule has 5 fully saturated rings. The van der Waals surface area contributed by atoms with Crippen molar-refractivity contribution in [1.29, 1.82) is 0 Å². The van der Waals surface area contributed by atoms with Gasteiger partial charge in [-0.2, -0.15) is 0 Å². The van der Waals surface area contributed by atoms with Crippen molar-refractivity contribution >= 4 is 19.8 Å². The Labute approximate surface area is 203 Å². The molecule has 0 aromatic rings. The van der Waals surface area contributed by atoms with Gasteiger partial charge in [-0.3, -0.25) is 9.59 Å². The third kappa shape index (κ3) is 3.21. The zero-order valence-corrected chi connectivity index (χ0v) is 22.4. The van der Waals surface area contributed by atoms with Crippen molar-refractivity contribution in [2.24, 2.45) is 22.7 Å². The van der Waals surface area contributed by atoms with Crippen LogP contribution in [0, 0.1) is 22.7 Å². The van der Waals surface area contributed by atoms with E-state index in [1.165, 1.54) is 0 Å². The van der Waals surface area contributed by atoms with Gasteiger partial charge in [0.15, 0.2) is 5.78 Å². The van der Waals surface area contributed by atoms with Crippen LogP contribution in [0.25, 0.3) is 0 Å². The molecule has 0 aromatic heterocycles. The number of hydrogen-bond donors (Lipinski definition) is 0. The quantitative estimate of drug-likeness (QED) is 0.120. The molecule has 4 saturated carbocycles. The Bertz CT molecular complexity index is 898. The van der Waals surface area contributed by atoms with Crippen molar-refractivity contribution < 1.29 is 33.3 Å². The van der Waals surface area contributed by atoms with E-state index in [0.717, 1.165) is 37.3 Å². The predicted octanol–water partition coefficient (Wildman–Crippen LogP) is 4.08. The zero-order valence-electron chi connectivity index (χ0n) is 21.4. The molecule has 0 aromatic carbocycles. The summed E-state index contributed by atoms with van der Waals surface area (Å²) in [5, 5.41) is 0. The number of fused-ring (bicyclic) bond motifs is 1. The molecule has 5 rings (SSSR count). The second-order valence-corrected chi connectivity index (χ2v) is 18.3. The molecular formula is C26H40O7Si. The van der Waals surface area contributed by atoms with Gasteiger partial charge in [0, 0.05) is 45.5 Å². The predicted molar refractivity (Wildman–Crippen MR) is 128 cm³/mol. The summed E-state index contributed by atoms with van der Waals surface area (Å²) in [4.78, 5) is 26.4. The van der Waals surface area contributed by atoms with Crippen LogP contribution in [-0.2, 0) is 33.3 Å². The fourth-order valence-electron chi connectivity index (χ4n) is 8.18. The summed E-state index contributed by atoms with van der Waals surface area (Å²) in [7, 11) is 0.417. The highest BCUT2D eigenvalue weighted by atomic mass is 28.3. The van der Waals surface area contributed by atoms with Crippen LogP contribution in [0.2, 0.25) is 25.7 Å². The van der Waals surface area contributed by atoms with E-state index in [1.807, 2.05) is 0 Å². The SMILES string of the molecule is C=C1C[C@]23C[C@@]1(OCOC)CC[C@H]2[C@@]12CCC(=O)[C@@](C)(C(=O)O1)[C@H]2[C@@H]3OCOCC[Si](C)(C)C. The van der Waals surface area contributed by atoms with Gasteiger partial charge in [-0.1, -0.05) is 26.2 Å². The van der Waals surface area contributed by atoms with Crippen LogP contribution in [-0.4, -0.2) is 64.4 Å². The lowest BCUT2D eigenvalue weighted by atomic mass is 9.60. The fourth-order valence-corrected chi connectivity index (χ4v) is 8.93. The van der Waals surface area contributed by atoms with Gasteiger partial charge in [-0.25, -0.2) is 0 Å². The van der Waals surface area contributed by atoms with Crippen molar-refractivity contribution in [3.8, 4) is 0 Å². The fraction of sp³-hybridized carbons (Fsp3) is 0.846. The maximum absolute atomic E-state index is 13.2. The van der Waals surface area contributed by atoms with Gasteiger partial charge in [0.05, 0.1) is 11.7 Å². The summed E-state index contributed by atoms with van der Waals surface area (Å²) in [6.45, 7) is 14.2. The van der Waals surface area contributed by atoms with Gasteiger partial charge >= 0.3 is 5.97 Å². The lowest BCUT2D eigenvalue weighted by Crippen LogP contribution is -2.52. The first kappa shape index (κ1) is 24.6. The van der Waals surface area contributed by atoms with Gasteiger partial charge in [0.1, 0.15) is 24.6 Å². The first-order chi connectivity index (χ1) is 16.0. The van der Waals surface area contributed by atoms with Crippen molar-refractivity contribution in [1.82, 2.24) is 0 Å². The molecule has 1 spiro atoms. The molecule has 0 N–H and O–H groups in total. The molecular weight excluding hydrogens is 452 g/mol. The summed E-state index contributed by atoms with van der Waals surface area (Å²) in [5.41, 5.74) is -1.49. The molecule has 7 nitrogen and oxygen atoms in total. The standard InChI is InChI=1S/C26H40O7Si/c1-17-13-24-14-25(17,32-15-29-3)9-7-18(24)26-10-8-19(27)23(2,22(28)33-26)20(26)21(24)31-16-30-11-12-34(4,5)6/h18,20-21H,1,7-16H2,2-6H3/t18-,20-,21+,23-,24+,25+,26-/m1/s1. The molecule has 0 unspecified atom stereocenters. The van der Waals surface area contributed by atoms with Crippen LogP contribution in [0.15, 0.2) is 12.2 Å². The number of rotatable bonds is 9. The van der Waals surface area contributed by atoms with Crippen LogP contribution >= 0.6 is 0 Å². The summed E-state index contributed by atoms with van der Waals surface area (Å²) < 4.78 is 30.3. The third-order valence-electron chi connectivity index (χ3n) is 9.75. The molecule has 5 aliphatic rings. The Morgan fingerprint density at radius 3 is 2.65 bits per heavy atom. The van der Waals surface area contributed by atoms with Gasteiger partial charge in [0.2, 0.25) is 0 Å². The summed E-state index contributed by atoms with van der Waals surface area (Å²) in [5.74, 6) is -0.567. The minimum Gasteiger partial charge on any atom is -0.458 e. The summed E-state index contributed by atoms with van der Waals surface area (Å²) >= 11 is 0. The first-order valence-corrected chi connectivity index (χ1v) is 16.4. The number of carbonyl (C=O) groups excluding carboxylic acids is 2. The highest BCUT2D eigenvalue weighted by Gasteiger charge is 2.84. The van der Waals surface area contributed by atoms with E-state index in [-0.39, 0.29) is 48.7 Å². The number of Topliss-reactive ketones (excluding diaryl/α,β-unsaturated/α-hetero) is 1. The Hall–Kier alpha value is -1.06. The van der Waals surface area contributed by atoms with Gasteiger partial charge in [0.25, 0.3) is 0 Å². The van der Waals surface area contributed by atoms with Crippen molar-refractivity contribution in [2.45, 2.75) is 88.4 Å². The van der Waals surface area contributed by atoms with Gasteiger partial charge in [-0.15, -0.1) is 0 Å². The molecule has 8 heteroatoms. The van der Waals surface area contributed by atoms with Crippen molar-refractivity contribution in [2.75, 3.05) is 27.3 Å². The van der Waals surface area contributed by atoms with E-state index < -0.39 is 24.7 Å². The maximum atomic E-state index is 13.2. The normalized spacial score (nSPS) is 44.9. The lowest BCUT2D eigenvalue weighted by molar-refractivity contribution is -0.182. The van der Waals surface area contributed by atoms with Crippen LogP contribution < -0.4 is 0 Å². The second kappa shape index (κ2) is 7.97. The summed E-state index contributed by atoms with van der Waals surface area (Å²) in [6.07, 6.45) is 3.82. The number of ether oxygens (including phenoxy) is 5. The van der Waals surface area contributed by atoms with Crippen LogP contribution in [0.4, 0.5) is 0 Å². The maximum Gasteiger partial charge on any atom is 0.320 e. The van der Waals surface area contributed by atoms with Gasteiger partial charge in [-0.05, 0) is 50.6 Å². The number of esters is 1.